The molecule has 0 amide bonds. The lowest BCUT2D eigenvalue weighted by Crippen LogP contribution is -2.34. The maximum absolute atomic E-state index is 12.1. The monoisotopic (exact) mass is 273 g/mol. The van der Waals surface area contributed by atoms with E-state index in [-0.39, 0.29) is 12.5 Å². The van der Waals surface area contributed by atoms with E-state index in [1.165, 1.54) is 6.07 Å². The zero-order chi connectivity index (χ0) is 14.3. The van der Waals surface area contributed by atoms with Crippen LogP contribution in [0.3, 0.4) is 0 Å². The largest absolute Gasteiger partial charge is 0.397 e. The van der Waals surface area contributed by atoms with Crippen molar-refractivity contribution in [2.45, 2.75) is 13.3 Å². The minimum absolute atomic E-state index is 0.0775. The summed E-state index contributed by atoms with van der Waals surface area (Å²) in [6.45, 7) is 2.42. The molecule has 104 valence electrons. The van der Waals surface area contributed by atoms with E-state index >= 15 is 0 Å². The van der Waals surface area contributed by atoms with Gasteiger partial charge in [0.1, 0.15) is 12.3 Å². The van der Waals surface area contributed by atoms with Gasteiger partial charge in [0.25, 0.3) is 11.5 Å². The van der Waals surface area contributed by atoms with Crippen LogP contribution in [0.2, 0.25) is 0 Å². The topological polar surface area (TPSA) is 81.5 Å². The van der Waals surface area contributed by atoms with Crippen molar-refractivity contribution in [1.29, 1.82) is 0 Å². The van der Waals surface area contributed by atoms with Gasteiger partial charge in [-0.2, -0.15) is 0 Å². The molecule has 0 fully saturated rings. The Morgan fingerprint density at radius 2 is 2.25 bits per heavy atom. The molecule has 0 unspecified atom stereocenters. The van der Waals surface area contributed by atoms with Gasteiger partial charge in [-0.05, 0) is 25.0 Å². The number of aryl methyl sites for hydroxylation is 1. The lowest BCUT2D eigenvalue weighted by molar-refractivity contribution is 0.0791. The number of carbonyl (C=O) groups is 1. The van der Waals surface area contributed by atoms with E-state index < -0.39 is 5.56 Å². The molecule has 1 aliphatic rings. The summed E-state index contributed by atoms with van der Waals surface area (Å²) in [5.41, 5.74) is 8.19. The predicted molar refractivity (Wildman–Crippen MR) is 75.1 cm³/mol. The zero-order valence-electron chi connectivity index (χ0n) is 11.1. The number of anilines is 2. The predicted octanol–water partition coefficient (Wildman–Crippen LogP) is 1.03. The van der Waals surface area contributed by atoms with Crippen LogP contribution in [0, 0.1) is 6.92 Å². The van der Waals surface area contributed by atoms with Gasteiger partial charge in [-0.15, -0.1) is 4.74 Å². The maximum atomic E-state index is 12.1. The summed E-state index contributed by atoms with van der Waals surface area (Å²) >= 11 is 0. The van der Waals surface area contributed by atoms with Gasteiger partial charge in [0.15, 0.2) is 0 Å². The van der Waals surface area contributed by atoms with Crippen LogP contribution < -0.4 is 16.2 Å². The molecule has 1 aliphatic heterocycles. The Bertz CT molecular complexity index is 730. The summed E-state index contributed by atoms with van der Waals surface area (Å²) in [6, 6.07) is 7.01. The molecule has 2 heterocycles. The second-order valence-electron chi connectivity index (χ2n) is 4.90. The Labute approximate surface area is 115 Å². The summed E-state index contributed by atoms with van der Waals surface area (Å²) in [5, 5.41) is 0. The van der Waals surface area contributed by atoms with E-state index in [0.29, 0.717) is 18.0 Å². The minimum Gasteiger partial charge on any atom is -0.397 e. The Kier molecular flexibility index (Phi) is 2.85. The van der Waals surface area contributed by atoms with Crippen molar-refractivity contribution in [2.75, 3.05) is 23.7 Å². The van der Waals surface area contributed by atoms with Gasteiger partial charge in [-0.3, -0.25) is 9.59 Å². The molecular formula is C14H15N3O3. The molecule has 20 heavy (non-hydrogen) atoms. The molecule has 1 aromatic carbocycles. The van der Waals surface area contributed by atoms with Crippen molar-refractivity contribution in [1.82, 2.24) is 4.74 Å². The molecule has 0 spiro atoms. The van der Waals surface area contributed by atoms with Gasteiger partial charge in [0, 0.05) is 12.6 Å². The lowest BCUT2D eigenvalue weighted by Gasteiger charge is -2.19. The quantitative estimate of drug-likeness (QED) is 0.827. The molecule has 2 aromatic rings. The van der Waals surface area contributed by atoms with Crippen LogP contribution in [0.5, 0.6) is 0 Å². The number of nitrogen functional groups attached to an aromatic ring is 1. The summed E-state index contributed by atoms with van der Waals surface area (Å²) in [6.07, 6.45) is 0.847. The van der Waals surface area contributed by atoms with Crippen molar-refractivity contribution >= 4 is 17.3 Å². The average Bonchev–Trinajstić information content (AvgIpc) is 2.94. The number of hydrogen-bond acceptors (Lipinski definition) is 5. The van der Waals surface area contributed by atoms with E-state index in [9.17, 15) is 9.59 Å². The van der Waals surface area contributed by atoms with Crippen LogP contribution in [0.1, 0.15) is 16.1 Å². The Balaban J connectivity index is 1.86. The third-order valence-electron chi connectivity index (χ3n) is 3.43. The molecule has 0 aliphatic carbocycles. The maximum Gasteiger partial charge on any atom is 0.290 e. The van der Waals surface area contributed by atoms with Crippen molar-refractivity contribution in [2.24, 2.45) is 0 Å². The average molecular weight is 273 g/mol. The minimum atomic E-state index is -0.437. The lowest BCUT2D eigenvalue weighted by atomic mass is 10.1. The number of hydrogen-bond donors (Lipinski definition) is 1. The Hall–Kier alpha value is -2.50. The normalized spacial score (nSPS) is 13.6. The van der Waals surface area contributed by atoms with Gasteiger partial charge in [-0.1, -0.05) is 12.1 Å². The first-order valence-electron chi connectivity index (χ1n) is 6.42. The number of nitrogens with zero attached hydrogens (tertiary/aromatic N) is 2. The zero-order valence-corrected chi connectivity index (χ0v) is 11.1. The highest BCUT2D eigenvalue weighted by atomic mass is 16.5. The first-order valence-corrected chi connectivity index (χ1v) is 6.42. The smallest absolute Gasteiger partial charge is 0.290 e. The van der Waals surface area contributed by atoms with Crippen LogP contribution >= 0.6 is 0 Å². The van der Waals surface area contributed by atoms with Crippen LogP contribution in [0.4, 0.5) is 11.4 Å². The van der Waals surface area contributed by atoms with Crippen LogP contribution in [0.15, 0.2) is 33.6 Å². The highest BCUT2D eigenvalue weighted by molar-refractivity contribution is 5.85. The van der Waals surface area contributed by atoms with Gasteiger partial charge in [0.2, 0.25) is 0 Å². The van der Waals surface area contributed by atoms with E-state index in [2.05, 4.69) is 0 Å². The molecule has 3 rings (SSSR count). The second-order valence-corrected chi connectivity index (χ2v) is 4.90. The molecule has 0 saturated carbocycles. The number of aromatic nitrogens is 1. The van der Waals surface area contributed by atoms with Crippen molar-refractivity contribution in [3.05, 3.63) is 45.9 Å². The molecule has 1 aromatic heterocycles. The number of nitrogens with two attached hydrogens (primary N) is 1. The molecule has 0 atom stereocenters. The summed E-state index contributed by atoms with van der Waals surface area (Å²) < 4.78 is 5.90. The fourth-order valence-electron chi connectivity index (χ4n) is 2.57. The van der Waals surface area contributed by atoms with Crippen molar-refractivity contribution in [3.8, 4) is 0 Å². The van der Waals surface area contributed by atoms with Crippen molar-refractivity contribution < 1.29 is 9.32 Å². The SMILES string of the molecule is Cc1cc(=O)n(C(=O)CN2CCc3cccc(N)c32)o1. The first-order chi connectivity index (χ1) is 9.56. The number of fused-ring (bicyclic) bond motifs is 1. The van der Waals surface area contributed by atoms with Crippen molar-refractivity contribution in [3.63, 3.8) is 0 Å². The number of rotatable bonds is 2. The number of carbonyl (C=O) groups excluding carboxylic acids is 1. The number of para-hydroxylation sites is 1. The third-order valence-corrected chi connectivity index (χ3v) is 3.43. The molecule has 0 saturated heterocycles. The summed E-state index contributed by atoms with van der Waals surface area (Å²) in [4.78, 5) is 25.6. The van der Waals surface area contributed by atoms with Gasteiger partial charge >= 0.3 is 0 Å². The highest BCUT2D eigenvalue weighted by Crippen LogP contribution is 2.33. The van der Waals surface area contributed by atoms with Gasteiger partial charge in [0.05, 0.1) is 11.4 Å². The van der Waals surface area contributed by atoms with Crippen LogP contribution in [0.25, 0.3) is 0 Å². The first kappa shape index (κ1) is 12.5. The molecular weight excluding hydrogens is 258 g/mol. The van der Waals surface area contributed by atoms with Crippen LogP contribution in [-0.4, -0.2) is 23.7 Å². The Morgan fingerprint density at radius 3 is 2.95 bits per heavy atom. The third kappa shape index (κ3) is 1.99. The molecule has 0 radical (unpaired) electrons. The standard InChI is InChI=1S/C14H15N3O3/c1-9-7-12(18)17(20-9)13(19)8-16-6-5-10-3-2-4-11(15)14(10)16/h2-4,7H,5-6,8,15H2,1H3. The van der Waals surface area contributed by atoms with Gasteiger partial charge in [-0.25, -0.2) is 0 Å². The summed E-state index contributed by atoms with van der Waals surface area (Å²) in [7, 11) is 0. The van der Waals surface area contributed by atoms with Gasteiger partial charge < -0.3 is 15.2 Å². The number of benzene rings is 1. The molecule has 0 bridgehead atoms. The second kappa shape index (κ2) is 4.56. The summed E-state index contributed by atoms with van der Waals surface area (Å²) in [5.74, 6) is 0.0314. The van der Waals surface area contributed by atoms with Crippen LogP contribution in [-0.2, 0) is 6.42 Å². The van der Waals surface area contributed by atoms with E-state index in [1.807, 2.05) is 23.1 Å². The molecule has 6 nitrogen and oxygen atoms in total. The Morgan fingerprint density at radius 1 is 1.45 bits per heavy atom. The molecule has 2 N–H and O–H groups in total. The fraction of sp³-hybridized carbons (Fsp3) is 0.286. The van der Waals surface area contributed by atoms with E-state index in [0.717, 1.165) is 22.4 Å². The highest BCUT2D eigenvalue weighted by Gasteiger charge is 2.24. The van der Waals surface area contributed by atoms with E-state index in [1.54, 1.807) is 6.92 Å². The fourth-order valence-corrected chi connectivity index (χ4v) is 2.57. The molecule has 6 heteroatoms. The van der Waals surface area contributed by atoms with E-state index in [4.69, 9.17) is 10.3 Å².